The summed E-state index contributed by atoms with van der Waals surface area (Å²) in [6.07, 6.45) is 17.6. The Morgan fingerprint density at radius 2 is 2.10 bits per heavy atom. The van der Waals surface area contributed by atoms with Gasteiger partial charge in [-0.3, -0.25) is 4.79 Å². The normalized spacial score (nSPS) is 27.4. The van der Waals surface area contributed by atoms with Crippen LogP contribution in [0.2, 0.25) is 0 Å². The van der Waals surface area contributed by atoms with Gasteiger partial charge in [0.25, 0.3) is 0 Å². The van der Waals surface area contributed by atoms with Crippen molar-refractivity contribution in [2.24, 2.45) is 23.7 Å². The lowest BCUT2D eigenvalue weighted by atomic mass is 9.88. The van der Waals surface area contributed by atoms with E-state index in [0.717, 1.165) is 32.1 Å². The first kappa shape index (κ1) is 25.6. The minimum atomic E-state index is -0.454. The van der Waals surface area contributed by atoms with Gasteiger partial charge in [0.15, 0.2) is 0 Å². The second-order valence-corrected chi connectivity index (χ2v) is 9.55. The van der Waals surface area contributed by atoms with Gasteiger partial charge in [-0.25, -0.2) is 0 Å². The molecule has 0 spiro atoms. The molecule has 2 N–H and O–H groups in total. The summed E-state index contributed by atoms with van der Waals surface area (Å²) in [5, 5.41) is 21.0. The van der Waals surface area contributed by atoms with Gasteiger partial charge in [0.05, 0.1) is 18.8 Å². The van der Waals surface area contributed by atoms with Crippen LogP contribution in [0.1, 0.15) is 72.6 Å². The summed E-state index contributed by atoms with van der Waals surface area (Å²) in [4.78, 5) is 11.4. The third-order valence-electron chi connectivity index (χ3n) is 6.47. The smallest absolute Gasteiger partial charge is 0.306 e. The molecule has 0 aromatic rings. The van der Waals surface area contributed by atoms with Gasteiger partial charge in [-0.05, 0) is 77.0 Å². The molecule has 174 valence electrons. The highest BCUT2D eigenvalue weighted by molar-refractivity contribution is 5.69. The summed E-state index contributed by atoms with van der Waals surface area (Å²) in [7, 11) is 0. The zero-order valence-corrected chi connectivity index (χ0v) is 19.8. The van der Waals surface area contributed by atoms with Crippen LogP contribution in [0.15, 0.2) is 47.6 Å². The van der Waals surface area contributed by atoms with Crippen LogP contribution in [0.5, 0.6) is 0 Å². The van der Waals surface area contributed by atoms with E-state index >= 15 is 0 Å². The molecule has 1 fully saturated rings. The van der Waals surface area contributed by atoms with E-state index in [0.29, 0.717) is 37.2 Å². The highest BCUT2D eigenvalue weighted by Gasteiger charge is 2.42. The average molecular weight is 431 g/mol. The van der Waals surface area contributed by atoms with Crippen LogP contribution in [-0.4, -0.2) is 35.0 Å². The van der Waals surface area contributed by atoms with Crippen LogP contribution in [0.25, 0.3) is 0 Å². The molecule has 4 nitrogen and oxygen atoms in total. The number of esters is 1. The van der Waals surface area contributed by atoms with Gasteiger partial charge in [0.2, 0.25) is 0 Å². The number of carbonyl (C=O) groups is 1. The highest BCUT2D eigenvalue weighted by atomic mass is 16.5. The number of aliphatic hydroxyl groups excluding tert-OH is 2. The average Bonchev–Trinajstić information content (AvgIpc) is 3.20. The minimum absolute atomic E-state index is 0.0994. The van der Waals surface area contributed by atoms with Gasteiger partial charge in [0.1, 0.15) is 0 Å². The molecule has 0 aromatic heterocycles. The number of aliphatic hydroxyl groups is 2. The molecular formula is C27H42O4. The lowest BCUT2D eigenvalue weighted by Gasteiger charge is -2.19. The van der Waals surface area contributed by atoms with E-state index in [2.05, 4.69) is 45.1 Å². The largest absolute Gasteiger partial charge is 0.466 e. The van der Waals surface area contributed by atoms with Gasteiger partial charge in [-0.15, -0.1) is 0 Å². The van der Waals surface area contributed by atoms with Crippen LogP contribution in [0.3, 0.4) is 0 Å². The van der Waals surface area contributed by atoms with Gasteiger partial charge in [-0.2, -0.15) is 0 Å². The SMILES string of the molecule is CCOC(=O)CCC=CC1=C[C@H]2C[C@@H](O)[C@@H](C=C[C@H](O)C[C@H](C)CCC=C(C)C)[C@H]2C1. The Morgan fingerprint density at radius 1 is 1.32 bits per heavy atom. The molecule has 0 radical (unpaired) electrons. The van der Waals surface area contributed by atoms with Crippen LogP contribution < -0.4 is 0 Å². The quantitative estimate of drug-likeness (QED) is 0.316. The zero-order valence-electron chi connectivity index (χ0n) is 19.8. The molecule has 2 aliphatic rings. The van der Waals surface area contributed by atoms with E-state index in [1.165, 1.54) is 11.1 Å². The number of fused-ring (bicyclic) bond motifs is 1. The van der Waals surface area contributed by atoms with Crippen molar-refractivity contribution in [3.8, 4) is 0 Å². The van der Waals surface area contributed by atoms with Crippen LogP contribution in [-0.2, 0) is 9.53 Å². The van der Waals surface area contributed by atoms with Crippen molar-refractivity contribution in [2.75, 3.05) is 6.61 Å². The standard InChI is InChI=1S/C27H42O4/c1-5-31-27(30)12-7-6-11-21-16-22-18-26(29)24(25(22)17-21)14-13-23(28)15-20(4)10-8-9-19(2)3/h6,9,11,13-14,16,20,22-26,28-29H,5,7-8,10,12,15,17-18H2,1-4H3/t20-,22+,23+,24+,25+,26-/m1/s1. The zero-order chi connectivity index (χ0) is 22.8. The number of rotatable bonds is 12. The predicted octanol–water partition coefficient (Wildman–Crippen LogP) is 5.52. The van der Waals surface area contributed by atoms with Crippen molar-refractivity contribution in [2.45, 2.75) is 84.8 Å². The third kappa shape index (κ3) is 8.78. The predicted molar refractivity (Wildman–Crippen MR) is 126 cm³/mol. The number of carbonyl (C=O) groups excluding carboxylic acids is 1. The third-order valence-corrected chi connectivity index (χ3v) is 6.47. The molecule has 0 heterocycles. The van der Waals surface area contributed by atoms with Crippen molar-refractivity contribution in [3.63, 3.8) is 0 Å². The first-order valence-electron chi connectivity index (χ1n) is 12.0. The van der Waals surface area contributed by atoms with Crippen molar-refractivity contribution in [1.29, 1.82) is 0 Å². The minimum Gasteiger partial charge on any atom is -0.466 e. The lowest BCUT2D eigenvalue weighted by Crippen LogP contribution is -2.18. The Morgan fingerprint density at radius 3 is 2.81 bits per heavy atom. The Hall–Kier alpha value is -1.65. The molecule has 0 amide bonds. The maximum absolute atomic E-state index is 11.4. The molecule has 2 aliphatic carbocycles. The summed E-state index contributed by atoms with van der Waals surface area (Å²) in [5.74, 6) is 1.22. The van der Waals surface area contributed by atoms with E-state index in [-0.39, 0.29) is 18.0 Å². The molecular weight excluding hydrogens is 388 g/mol. The fourth-order valence-electron chi connectivity index (χ4n) is 4.86. The van der Waals surface area contributed by atoms with E-state index in [4.69, 9.17) is 4.74 Å². The van der Waals surface area contributed by atoms with Gasteiger partial charge in [0, 0.05) is 12.3 Å². The Kier molecular flexibility index (Phi) is 10.8. The van der Waals surface area contributed by atoms with Gasteiger partial charge < -0.3 is 14.9 Å². The molecule has 4 heteroatoms. The number of hydrogen-bond donors (Lipinski definition) is 2. The van der Waals surface area contributed by atoms with Crippen molar-refractivity contribution in [3.05, 3.63) is 47.6 Å². The van der Waals surface area contributed by atoms with Crippen molar-refractivity contribution < 1.29 is 19.7 Å². The Balaban J connectivity index is 1.80. The summed E-state index contributed by atoms with van der Waals surface area (Å²) >= 11 is 0. The van der Waals surface area contributed by atoms with Crippen molar-refractivity contribution >= 4 is 5.97 Å². The second kappa shape index (κ2) is 13.0. The summed E-state index contributed by atoms with van der Waals surface area (Å²) < 4.78 is 4.95. The Bertz CT molecular complexity index is 683. The molecule has 6 atom stereocenters. The summed E-state index contributed by atoms with van der Waals surface area (Å²) in [5.41, 5.74) is 2.63. The number of ether oxygens (including phenoxy) is 1. The fourth-order valence-corrected chi connectivity index (χ4v) is 4.86. The van der Waals surface area contributed by atoms with Gasteiger partial charge in [-0.1, -0.05) is 54.5 Å². The van der Waals surface area contributed by atoms with Crippen LogP contribution in [0, 0.1) is 23.7 Å². The molecule has 1 saturated carbocycles. The topological polar surface area (TPSA) is 66.8 Å². The Labute approximate surface area is 188 Å². The summed E-state index contributed by atoms with van der Waals surface area (Å²) in [6, 6.07) is 0. The maximum Gasteiger partial charge on any atom is 0.306 e. The lowest BCUT2D eigenvalue weighted by molar-refractivity contribution is -0.143. The molecule has 0 bridgehead atoms. The van der Waals surface area contributed by atoms with E-state index in [1.54, 1.807) is 0 Å². The number of allylic oxidation sites excluding steroid dienone is 6. The van der Waals surface area contributed by atoms with Crippen LogP contribution >= 0.6 is 0 Å². The molecule has 0 aromatic carbocycles. The van der Waals surface area contributed by atoms with E-state index < -0.39 is 6.10 Å². The van der Waals surface area contributed by atoms with Gasteiger partial charge >= 0.3 is 5.97 Å². The van der Waals surface area contributed by atoms with Crippen LogP contribution in [0.4, 0.5) is 0 Å². The molecule has 0 unspecified atom stereocenters. The first-order chi connectivity index (χ1) is 14.8. The molecule has 31 heavy (non-hydrogen) atoms. The molecule has 0 saturated heterocycles. The summed E-state index contributed by atoms with van der Waals surface area (Å²) in [6.45, 7) is 8.67. The first-order valence-corrected chi connectivity index (χ1v) is 12.0. The second-order valence-electron chi connectivity index (χ2n) is 9.55. The van der Waals surface area contributed by atoms with E-state index in [9.17, 15) is 15.0 Å². The molecule has 2 rings (SSSR count). The number of hydrogen-bond acceptors (Lipinski definition) is 4. The fraction of sp³-hybridized carbons (Fsp3) is 0.667. The monoisotopic (exact) mass is 430 g/mol. The van der Waals surface area contributed by atoms with Crippen molar-refractivity contribution in [1.82, 2.24) is 0 Å². The van der Waals surface area contributed by atoms with E-state index in [1.807, 2.05) is 19.1 Å². The highest BCUT2D eigenvalue weighted by Crippen LogP contribution is 2.47. The molecule has 0 aliphatic heterocycles. The maximum atomic E-state index is 11.4.